The second-order valence-corrected chi connectivity index (χ2v) is 9.22. The van der Waals surface area contributed by atoms with Crippen molar-refractivity contribution in [1.29, 1.82) is 0 Å². The van der Waals surface area contributed by atoms with Crippen LogP contribution >= 0.6 is 21.6 Å². The van der Waals surface area contributed by atoms with Crippen molar-refractivity contribution in [2.45, 2.75) is 31.4 Å². The first-order valence-electron chi connectivity index (χ1n) is 8.70. The average Bonchev–Trinajstić information content (AvgIpc) is 2.62. The molecule has 0 aliphatic heterocycles. The van der Waals surface area contributed by atoms with Gasteiger partial charge in [-0.05, 0) is 38.7 Å². The summed E-state index contributed by atoms with van der Waals surface area (Å²) in [5.74, 6) is 0.860. The molecule has 6 nitrogen and oxygen atoms in total. The molecule has 1 rings (SSSR count). The molecular formula is C18H30N2O4S2. The van der Waals surface area contributed by atoms with Gasteiger partial charge in [-0.1, -0.05) is 21.6 Å². The minimum Gasteiger partial charge on any atom is -0.491 e. The monoisotopic (exact) mass is 402 g/mol. The Kier molecular flexibility index (Phi) is 12.6. The van der Waals surface area contributed by atoms with Crippen LogP contribution in [0.5, 0.6) is 5.75 Å². The molecule has 0 atom stereocenters. The number of nitrogens with zero attached hydrogens (tertiary/aromatic N) is 1. The van der Waals surface area contributed by atoms with E-state index in [1.807, 2.05) is 0 Å². The smallest absolute Gasteiger partial charge is 0.220 e. The first kappa shape index (κ1) is 23.1. The molecule has 1 aromatic heterocycles. The van der Waals surface area contributed by atoms with Crippen LogP contribution in [0.25, 0.3) is 0 Å². The van der Waals surface area contributed by atoms with E-state index < -0.39 is 0 Å². The first-order valence-corrected chi connectivity index (χ1v) is 11.3. The zero-order chi connectivity index (χ0) is 19.1. The van der Waals surface area contributed by atoms with Crippen LogP contribution in [0.15, 0.2) is 24.5 Å². The van der Waals surface area contributed by atoms with Crippen LogP contribution in [-0.4, -0.2) is 61.5 Å². The molecule has 0 aliphatic carbocycles. The zero-order valence-corrected chi connectivity index (χ0v) is 17.5. The maximum absolute atomic E-state index is 11.8. The van der Waals surface area contributed by atoms with E-state index >= 15 is 0 Å². The van der Waals surface area contributed by atoms with Gasteiger partial charge in [-0.15, -0.1) is 0 Å². The summed E-state index contributed by atoms with van der Waals surface area (Å²) in [5.41, 5.74) is 0. The number of hydrogen-bond donors (Lipinski definition) is 1. The SMILES string of the molecule is CSSC(C)(C)CCC(=O)NCCOCCOCCOc1ccncc1. The van der Waals surface area contributed by atoms with Gasteiger partial charge in [0.05, 0.1) is 26.4 Å². The Hall–Kier alpha value is -0.960. The van der Waals surface area contributed by atoms with Crippen molar-refractivity contribution in [1.82, 2.24) is 10.3 Å². The lowest BCUT2D eigenvalue weighted by Crippen LogP contribution is -2.29. The van der Waals surface area contributed by atoms with Crippen LogP contribution < -0.4 is 10.1 Å². The maximum Gasteiger partial charge on any atom is 0.220 e. The van der Waals surface area contributed by atoms with Crippen molar-refractivity contribution in [3.63, 3.8) is 0 Å². The number of carbonyl (C=O) groups is 1. The van der Waals surface area contributed by atoms with Crippen LogP contribution in [0.1, 0.15) is 26.7 Å². The fourth-order valence-corrected chi connectivity index (χ4v) is 4.25. The number of amides is 1. The summed E-state index contributed by atoms with van der Waals surface area (Å²) < 4.78 is 16.5. The molecule has 1 amide bonds. The van der Waals surface area contributed by atoms with Crippen LogP contribution in [0, 0.1) is 0 Å². The number of hydrogen-bond acceptors (Lipinski definition) is 7. The predicted molar refractivity (Wildman–Crippen MR) is 109 cm³/mol. The summed E-state index contributed by atoms with van der Waals surface area (Å²) in [7, 11) is 3.54. The molecule has 0 aromatic carbocycles. The molecule has 0 saturated heterocycles. The lowest BCUT2D eigenvalue weighted by molar-refractivity contribution is -0.121. The summed E-state index contributed by atoms with van der Waals surface area (Å²) in [4.78, 5) is 15.7. The van der Waals surface area contributed by atoms with Crippen molar-refractivity contribution in [2.24, 2.45) is 0 Å². The molecule has 0 aliphatic rings. The van der Waals surface area contributed by atoms with Gasteiger partial charge < -0.3 is 19.5 Å². The van der Waals surface area contributed by atoms with E-state index in [2.05, 4.69) is 30.4 Å². The van der Waals surface area contributed by atoms with E-state index in [1.54, 1.807) is 46.1 Å². The van der Waals surface area contributed by atoms with Crippen LogP contribution in [0.2, 0.25) is 0 Å². The number of aromatic nitrogens is 1. The van der Waals surface area contributed by atoms with Crippen LogP contribution in [0.4, 0.5) is 0 Å². The third-order valence-electron chi connectivity index (χ3n) is 3.35. The molecule has 0 saturated carbocycles. The van der Waals surface area contributed by atoms with Gasteiger partial charge in [-0.2, -0.15) is 0 Å². The van der Waals surface area contributed by atoms with E-state index in [4.69, 9.17) is 14.2 Å². The summed E-state index contributed by atoms with van der Waals surface area (Å²) in [6.45, 7) is 7.35. The molecule has 0 radical (unpaired) electrons. The van der Waals surface area contributed by atoms with Crippen molar-refractivity contribution >= 4 is 27.5 Å². The molecular weight excluding hydrogens is 372 g/mol. The molecule has 1 N–H and O–H groups in total. The number of carbonyl (C=O) groups excluding carboxylic acids is 1. The average molecular weight is 403 g/mol. The highest BCUT2D eigenvalue weighted by atomic mass is 33.1. The van der Waals surface area contributed by atoms with E-state index in [0.29, 0.717) is 46.0 Å². The lowest BCUT2D eigenvalue weighted by Gasteiger charge is -2.21. The van der Waals surface area contributed by atoms with Gasteiger partial charge >= 0.3 is 0 Å². The Morgan fingerprint density at radius 3 is 2.46 bits per heavy atom. The summed E-state index contributed by atoms with van der Waals surface area (Å²) in [6, 6.07) is 3.61. The Morgan fingerprint density at radius 2 is 1.77 bits per heavy atom. The second kappa shape index (κ2) is 14.1. The zero-order valence-electron chi connectivity index (χ0n) is 15.9. The molecule has 0 unspecified atom stereocenters. The van der Waals surface area contributed by atoms with Crippen molar-refractivity contribution in [3.8, 4) is 5.75 Å². The molecule has 1 aromatic rings. The largest absolute Gasteiger partial charge is 0.491 e. The normalized spacial score (nSPS) is 11.3. The molecule has 0 fully saturated rings. The van der Waals surface area contributed by atoms with E-state index in [1.165, 1.54) is 0 Å². The minimum atomic E-state index is 0.0767. The minimum absolute atomic E-state index is 0.0767. The third-order valence-corrected chi connectivity index (χ3v) is 6.03. The van der Waals surface area contributed by atoms with Gasteiger partial charge in [-0.25, -0.2) is 0 Å². The highest BCUT2D eigenvalue weighted by Gasteiger charge is 2.19. The van der Waals surface area contributed by atoms with Gasteiger partial charge in [-0.3, -0.25) is 9.78 Å². The first-order chi connectivity index (χ1) is 12.5. The van der Waals surface area contributed by atoms with Gasteiger partial charge in [0.1, 0.15) is 12.4 Å². The van der Waals surface area contributed by atoms with Gasteiger partial charge in [0.15, 0.2) is 0 Å². The second-order valence-electron chi connectivity index (χ2n) is 6.12. The van der Waals surface area contributed by atoms with E-state index in [0.717, 1.165) is 12.2 Å². The summed E-state index contributed by atoms with van der Waals surface area (Å²) in [6.07, 6.45) is 6.84. The summed E-state index contributed by atoms with van der Waals surface area (Å²) >= 11 is 0. The number of rotatable bonds is 15. The van der Waals surface area contributed by atoms with Crippen LogP contribution in [-0.2, 0) is 14.3 Å². The Bertz CT molecular complexity index is 489. The Morgan fingerprint density at radius 1 is 1.12 bits per heavy atom. The Balaban J connectivity index is 1.87. The molecule has 0 bridgehead atoms. The standard InChI is InChI=1S/C18H30N2O4S2/c1-18(2,26-25-3)7-4-17(21)20-10-11-22-12-13-23-14-15-24-16-5-8-19-9-6-16/h5-6,8-9H,4,7,10-15H2,1-3H3,(H,20,21). The maximum atomic E-state index is 11.8. The number of nitrogens with one attached hydrogen (secondary N) is 1. The molecule has 26 heavy (non-hydrogen) atoms. The summed E-state index contributed by atoms with van der Waals surface area (Å²) in [5, 5.41) is 2.88. The van der Waals surface area contributed by atoms with Gasteiger partial charge in [0.25, 0.3) is 0 Å². The third kappa shape index (κ3) is 12.4. The topological polar surface area (TPSA) is 69.7 Å². The highest BCUT2D eigenvalue weighted by molar-refractivity contribution is 8.76. The van der Waals surface area contributed by atoms with Gasteiger partial charge in [0.2, 0.25) is 5.91 Å². The quantitative estimate of drug-likeness (QED) is 0.357. The van der Waals surface area contributed by atoms with E-state index in [9.17, 15) is 4.79 Å². The number of pyridine rings is 1. The molecule has 148 valence electrons. The molecule has 1 heterocycles. The van der Waals surface area contributed by atoms with Crippen LogP contribution in [0.3, 0.4) is 0 Å². The number of ether oxygens (including phenoxy) is 3. The molecule has 0 spiro atoms. The molecule has 8 heteroatoms. The predicted octanol–water partition coefficient (Wildman–Crippen LogP) is 3.18. The fourth-order valence-electron chi connectivity index (χ4n) is 2.01. The van der Waals surface area contributed by atoms with Gasteiger partial charge in [0, 0.05) is 30.1 Å². The van der Waals surface area contributed by atoms with E-state index in [-0.39, 0.29) is 10.7 Å². The Labute approximate surface area is 164 Å². The lowest BCUT2D eigenvalue weighted by atomic mass is 10.1. The van der Waals surface area contributed by atoms with Crippen molar-refractivity contribution < 1.29 is 19.0 Å². The fraction of sp³-hybridized carbons (Fsp3) is 0.667. The van der Waals surface area contributed by atoms with Crippen molar-refractivity contribution in [3.05, 3.63) is 24.5 Å². The van der Waals surface area contributed by atoms with Crippen molar-refractivity contribution in [2.75, 3.05) is 45.8 Å². The highest BCUT2D eigenvalue weighted by Crippen LogP contribution is 2.36.